The van der Waals surface area contributed by atoms with Crippen LogP contribution in [0.1, 0.15) is 16.0 Å². The van der Waals surface area contributed by atoms with E-state index in [1.165, 1.54) is 16.0 Å². The SMILES string of the molecule is NNc1ncnc2sc3c(c12)CCN(Cc1ccccc1)C3. The number of hydrazine groups is 1. The standard InChI is InChI=1S/C16H17N5S/c17-20-15-14-12-6-7-21(8-11-4-2-1-3-5-11)9-13(12)22-16(14)19-10-18-15/h1-5,10H,6-9,17H2,(H,18,19,20). The van der Waals surface area contributed by atoms with Gasteiger partial charge in [0.2, 0.25) is 0 Å². The van der Waals surface area contributed by atoms with Crippen molar-refractivity contribution in [1.29, 1.82) is 0 Å². The van der Waals surface area contributed by atoms with E-state index in [0.29, 0.717) is 0 Å². The van der Waals surface area contributed by atoms with Crippen LogP contribution in [-0.2, 0) is 19.5 Å². The summed E-state index contributed by atoms with van der Waals surface area (Å²) in [6.45, 7) is 3.00. The minimum Gasteiger partial charge on any atom is -0.308 e. The van der Waals surface area contributed by atoms with Gasteiger partial charge in [-0.05, 0) is 17.5 Å². The van der Waals surface area contributed by atoms with Crippen molar-refractivity contribution >= 4 is 27.4 Å². The van der Waals surface area contributed by atoms with Crippen molar-refractivity contribution in [3.05, 3.63) is 52.7 Å². The lowest BCUT2D eigenvalue weighted by atomic mass is 10.0. The maximum absolute atomic E-state index is 5.59. The van der Waals surface area contributed by atoms with Crippen molar-refractivity contribution in [2.45, 2.75) is 19.5 Å². The van der Waals surface area contributed by atoms with Crippen LogP contribution < -0.4 is 11.3 Å². The highest BCUT2D eigenvalue weighted by molar-refractivity contribution is 7.18. The molecule has 0 unspecified atom stereocenters. The van der Waals surface area contributed by atoms with E-state index in [4.69, 9.17) is 5.84 Å². The van der Waals surface area contributed by atoms with Crippen LogP contribution >= 0.6 is 11.3 Å². The number of fused-ring (bicyclic) bond motifs is 3. The molecule has 3 heterocycles. The van der Waals surface area contributed by atoms with Crippen LogP contribution in [0.2, 0.25) is 0 Å². The second-order valence-electron chi connectivity index (χ2n) is 5.50. The maximum Gasteiger partial charge on any atom is 0.152 e. The predicted molar refractivity (Wildman–Crippen MR) is 89.5 cm³/mol. The summed E-state index contributed by atoms with van der Waals surface area (Å²) in [6.07, 6.45) is 2.59. The first-order valence-corrected chi connectivity index (χ1v) is 8.15. The van der Waals surface area contributed by atoms with Crippen molar-refractivity contribution < 1.29 is 0 Å². The molecule has 1 aliphatic heterocycles. The normalized spacial score (nSPS) is 15.0. The summed E-state index contributed by atoms with van der Waals surface area (Å²) in [6, 6.07) is 10.6. The Bertz CT molecular complexity index is 799. The Morgan fingerprint density at radius 2 is 2.09 bits per heavy atom. The highest BCUT2D eigenvalue weighted by Gasteiger charge is 2.23. The van der Waals surface area contributed by atoms with Crippen LogP contribution in [0, 0.1) is 0 Å². The van der Waals surface area contributed by atoms with Crippen molar-refractivity contribution in [3.8, 4) is 0 Å². The van der Waals surface area contributed by atoms with Crippen LogP contribution in [0.4, 0.5) is 5.82 Å². The quantitative estimate of drug-likeness (QED) is 0.575. The first kappa shape index (κ1) is 13.6. The summed E-state index contributed by atoms with van der Waals surface area (Å²) < 4.78 is 0. The topological polar surface area (TPSA) is 67.1 Å². The van der Waals surface area contributed by atoms with Gasteiger partial charge < -0.3 is 5.43 Å². The number of nitrogens with zero attached hydrogens (tertiary/aromatic N) is 3. The molecule has 0 radical (unpaired) electrons. The zero-order chi connectivity index (χ0) is 14.9. The second kappa shape index (κ2) is 5.64. The minimum absolute atomic E-state index is 0.735. The van der Waals surface area contributed by atoms with Gasteiger partial charge >= 0.3 is 0 Å². The van der Waals surface area contributed by atoms with E-state index in [9.17, 15) is 0 Å². The molecule has 0 aliphatic carbocycles. The molecule has 0 amide bonds. The third-order valence-corrected chi connectivity index (χ3v) is 5.23. The number of thiophene rings is 1. The van der Waals surface area contributed by atoms with Crippen LogP contribution in [0.5, 0.6) is 0 Å². The van der Waals surface area contributed by atoms with Gasteiger partial charge in [-0.15, -0.1) is 11.3 Å². The molecular weight excluding hydrogens is 294 g/mol. The third kappa shape index (κ3) is 2.35. The summed E-state index contributed by atoms with van der Waals surface area (Å²) in [4.78, 5) is 13.5. The molecule has 2 aromatic heterocycles. The predicted octanol–water partition coefficient (Wildman–Crippen LogP) is 2.54. The van der Waals surface area contributed by atoms with Gasteiger partial charge in [0.05, 0.1) is 5.39 Å². The molecule has 22 heavy (non-hydrogen) atoms. The zero-order valence-electron chi connectivity index (χ0n) is 12.1. The van der Waals surface area contributed by atoms with E-state index in [-0.39, 0.29) is 0 Å². The fourth-order valence-corrected chi connectivity index (χ4v) is 4.30. The van der Waals surface area contributed by atoms with Gasteiger partial charge in [0, 0.05) is 24.5 Å². The zero-order valence-corrected chi connectivity index (χ0v) is 12.9. The largest absolute Gasteiger partial charge is 0.308 e. The molecule has 3 N–H and O–H groups in total. The number of rotatable bonds is 3. The molecule has 0 atom stereocenters. The van der Waals surface area contributed by atoms with E-state index in [0.717, 1.165) is 42.1 Å². The van der Waals surface area contributed by atoms with E-state index < -0.39 is 0 Å². The highest BCUT2D eigenvalue weighted by Crippen LogP contribution is 2.37. The van der Waals surface area contributed by atoms with Crippen LogP contribution in [0.15, 0.2) is 36.7 Å². The average Bonchev–Trinajstić information content (AvgIpc) is 2.93. The number of nitrogen functional groups attached to an aromatic ring is 1. The Balaban J connectivity index is 1.64. The number of anilines is 1. The molecule has 0 saturated heterocycles. The molecule has 0 bridgehead atoms. The minimum atomic E-state index is 0.735. The van der Waals surface area contributed by atoms with Gasteiger partial charge in [-0.1, -0.05) is 30.3 Å². The van der Waals surface area contributed by atoms with Crippen molar-refractivity contribution in [1.82, 2.24) is 14.9 Å². The van der Waals surface area contributed by atoms with Gasteiger partial charge in [-0.25, -0.2) is 15.8 Å². The number of nitrogens with one attached hydrogen (secondary N) is 1. The van der Waals surface area contributed by atoms with Gasteiger partial charge in [-0.2, -0.15) is 0 Å². The smallest absolute Gasteiger partial charge is 0.152 e. The van der Waals surface area contributed by atoms with Gasteiger partial charge in [0.15, 0.2) is 5.82 Å². The fraction of sp³-hybridized carbons (Fsp3) is 0.250. The second-order valence-corrected chi connectivity index (χ2v) is 6.58. The average molecular weight is 311 g/mol. The van der Waals surface area contributed by atoms with E-state index in [1.807, 2.05) is 0 Å². The van der Waals surface area contributed by atoms with Crippen molar-refractivity contribution in [2.24, 2.45) is 5.84 Å². The summed E-state index contributed by atoms with van der Waals surface area (Å²) in [5, 5.41) is 1.10. The molecule has 1 aliphatic rings. The van der Waals surface area contributed by atoms with Crippen LogP contribution in [0.3, 0.4) is 0 Å². The molecule has 5 nitrogen and oxygen atoms in total. The van der Waals surface area contributed by atoms with Crippen molar-refractivity contribution in [3.63, 3.8) is 0 Å². The molecule has 4 rings (SSSR count). The lowest BCUT2D eigenvalue weighted by Gasteiger charge is -2.26. The lowest BCUT2D eigenvalue weighted by molar-refractivity contribution is 0.249. The molecule has 3 aromatic rings. The summed E-state index contributed by atoms with van der Waals surface area (Å²) in [5.74, 6) is 6.33. The molecule has 112 valence electrons. The van der Waals surface area contributed by atoms with Gasteiger partial charge in [0.1, 0.15) is 11.2 Å². The maximum atomic E-state index is 5.59. The number of nitrogens with two attached hydrogens (primary N) is 1. The summed E-state index contributed by atoms with van der Waals surface area (Å²) in [7, 11) is 0. The number of aromatic nitrogens is 2. The molecule has 1 aromatic carbocycles. The fourth-order valence-electron chi connectivity index (χ4n) is 3.07. The lowest BCUT2D eigenvalue weighted by Crippen LogP contribution is -2.29. The van der Waals surface area contributed by atoms with Crippen molar-refractivity contribution in [2.75, 3.05) is 12.0 Å². The Morgan fingerprint density at radius 3 is 2.91 bits per heavy atom. The monoisotopic (exact) mass is 311 g/mol. The Morgan fingerprint density at radius 1 is 1.23 bits per heavy atom. The number of hydrogen-bond acceptors (Lipinski definition) is 6. The molecule has 6 heteroatoms. The van der Waals surface area contributed by atoms with Gasteiger partial charge in [0.25, 0.3) is 0 Å². The number of hydrogen-bond donors (Lipinski definition) is 2. The molecular formula is C16H17N5S. The third-order valence-electron chi connectivity index (χ3n) is 4.10. The molecule has 0 fully saturated rings. The summed E-state index contributed by atoms with van der Waals surface area (Å²) >= 11 is 1.76. The van der Waals surface area contributed by atoms with E-state index >= 15 is 0 Å². The first-order chi connectivity index (χ1) is 10.8. The van der Waals surface area contributed by atoms with Crippen LogP contribution in [-0.4, -0.2) is 21.4 Å². The highest BCUT2D eigenvalue weighted by atomic mass is 32.1. The Kier molecular flexibility index (Phi) is 3.49. The van der Waals surface area contributed by atoms with Crippen LogP contribution in [0.25, 0.3) is 10.2 Å². The molecule has 0 saturated carbocycles. The number of benzene rings is 1. The Hall–Kier alpha value is -2.02. The molecule has 0 spiro atoms. The Labute approximate surface area is 132 Å². The van der Waals surface area contributed by atoms with E-state index in [2.05, 4.69) is 50.6 Å². The van der Waals surface area contributed by atoms with E-state index in [1.54, 1.807) is 17.7 Å². The first-order valence-electron chi connectivity index (χ1n) is 7.33. The summed E-state index contributed by atoms with van der Waals surface area (Å²) in [5.41, 5.74) is 5.42. The van der Waals surface area contributed by atoms with Gasteiger partial charge in [-0.3, -0.25) is 4.90 Å².